The van der Waals surface area contributed by atoms with Gasteiger partial charge in [0.2, 0.25) is 5.78 Å². The van der Waals surface area contributed by atoms with Gasteiger partial charge in [-0.2, -0.15) is 0 Å². The molecular weight excluding hydrogens is 334 g/mol. The fourth-order valence-electron chi connectivity index (χ4n) is 2.23. The van der Waals surface area contributed by atoms with Crippen molar-refractivity contribution in [2.45, 2.75) is 38.9 Å². The quantitative estimate of drug-likeness (QED) is 0.449. The van der Waals surface area contributed by atoms with E-state index in [0.29, 0.717) is 11.1 Å². The molecule has 1 aromatic heterocycles. The molecule has 0 spiro atoms. The highest BCUT2D eigenvalue weighted by Gasteiger charge is 2.28. The largest absolute Gasteiger partial charge is 0.460 e. The topological polar surface area (TPSA) is 82.6 Å². The number of rotatable bonds is 6. The van der Waals surface area contributed by atoms with Crippen LogP contribution in [0.4, 0.5) is 0 Å². The molecule has 0 saturated carbocycles. The Morgan fingerprint density at radius 3 is 2.27 bits per heavy atom. The van der Waals surface area contributed by atoms with Crippen LogP contribution in [0, 0.1) is 0 Å². The van der Waals surface area contributed by atoms with Crippen molar-refractivity contribution < 1.29 is 23.9 Å². The number of benzene rings is 1. The summed E-state index contributed by atoms with van der Waals surface area (Å²) >= 11 is 0. The van der Waals surface area contributed by atoms with Crippen LogP contribution in [0.1, 0.15) is 49.2 Å². The van der Waals surface area contributed by atoms with Crippen molar-refractivity contribution in [2.75, 3.05) is 0 Å². The number of nitrogens with zero attached hydrogens (tertiary/aromatic N) is 1. The first kappa shape index (κ1) is 19.3. The number of aromatic nitrogens is 1. The van der Waals surface area contributed by atoms with Crippen LogP contribution in [0.3, 0.4) is 0 Å². The minimum absolute atomic E-state index is 0.312. The zero-order chi connectivity index (χ0) is 19.2. The van der Waals surface area contributed by atoms with E-state index in [9.17, 15) is 14.4 Å². The average Bonchev–Trinajstić information content (AvgIpc) is 2.59. The fraction of sp³-hybridized carbons (Fsp3) is 0.300. The van der Waals surface area contributed by atoms with Gasteiger partial charge in [-0.15, -0.1) is 0 Å². The van der Waals surface area contributed by atoms with Crippen LogP contribution in [0.5, 0.6) is 0 Å². The molecule has 0 amide bonds. The zero-order valence-electron chi connectivity index (χ0n) is 15.0. The van der Waals surface area contributed by atoms with E-state index in [1.165, 1.54) is 6.20 Å². The van der Waals surface area contributed by atoms with Crippen LogP contribution in [-0.4, -0.2) is 28.3 Å². The third kappa shape index (κ3) is 5.81. The third-order valence-corrected chi connectivity index (χ3v) is 3.24. The summed E-state index contributed by atoms with van der Waals surface area (Å²) in [6.07, 6.45) is 1.22. The molecule has 0 bridgehead atoms. The molecule has 2 rings (SSSR count). The van der Waals surface area contributed by atoms with Crippen LogP contribution >= 0.6 is 0 Å². The van der Waals surface area contributed by atoms with Gasteiger partial charge in [0.1, 0.15) is 12.0 Å². The van der Waals surface area contributed by atoms with Crippen molar-refractivity contribution in [3.05, 3.63) is 66.0 Å². The molecule has 0 saturated heterocycles. The van der Waals surface area contributed by atoms with Crippen molar-refractivity contribution in [1.29, 1.82) is 0 Å². The Labute approximate surface area is 152 Å². The number of hydrogen-bond donors (Lipinski definition) is 0. The number of ketones is 1. The van der Waals surface area contributed by atoms with Gasteiger partial charge in [0.25, 0.3) is 0 Å². The molecule has 0 N–H and O–H groups in total. The van der Waals surface area contributed by atoms with Crippen molar-refractivity contribution in [1.82, 2.24) is 4.98 Å². The van der Waals surface area contributed by atoms with E-state index >= 15 is 0 Å². The second-order valence-corrected chi connectivity index (χ2v) is 6.65. The third-order valence-electron chi connectivity index (χ3n) is 3.24. The van der Waals surface area contributed by atoms with Crippen LogP contribution in [0.2, 0.25) is 0 Å². The Bertz CT molecular complexity index is 766. The average molecular weight is 355 g/mol. The first-order valence-corrected chi connectivity index (χ1v) is 8.17. The smallest absolute Gasteiger partial charge is 0.318 e. The lowest BCUT2D eigenvalue weighted by molar-refractivity contribution is -0.163. The summed E-state index contributed by atoms with van der Waals surface area (Å²) in [7, 11) is 0. The van der Waals surface area contributed by atoms with Crippen LogP contribution in [-0.2, 0) is 19.1 Å². The lowest BCUT2D eigenvalue weighted by Gasteiger charge is -2.20. The number of ether oxygens (including phenoxy) is 2. The maximum atomic E-state index is 12.8. The molecule has 1 aromatic carbocycles. The van der Waals surface area contributed by atoms with Gasteiger partial charge < -0.3 is 9.47 Å². The molecule has 1 unspecified atom stereocenters. The highest BCUT2D eigenvalue weighted by Crippen LogP contribution is 2.23. The van der Waals surface area contributed by atoms with Crippen LogP contribution in [0.25, 0.3) is 0 Å². The van der Waals surface area contributed by atoms with Crippen LogP contribution < -0.4 is 0 Å². The van der Waals surface area contributed by atoms with Gasteiger partial charge in [0, 0.05) is 23.5 Å². The maximum absolute atomic E-state index is 12.8. The Morgan fingerprint density at radius 1 is 1.00 bits per heavy atom. The number of carbonyl (C=O) groups excluding carboxylic acids is 3. The van der Waals surface area contributed by atoms with Crippen molar-refractivity contribution >= 4 is 17.7 Å². The summed E-state index contributed by atoms with van der Waals surface area (Å²) in [4.78, 5) is 40.7. The van der Waals surface area contributed by atoms with Gasteiger partial charge in [-0.1, -0.05) is 30.3 Å². The van der Waals surface area contributed by atoms with E-state index < -0.39 is 35.8 Å². The molecule has 0 fully saturated rings. The molecule has 2 aromatic rings. The highest BCUT2D eigenvalue weighted by molar-refractivity contribution is 6.01. The van der Waals surface area contributed by atoms with E-state index in [-0.39, 0.29) is 0 Å². The summed E-state index contributed by atoms with van der Waals surface area (Å²) in [5.74, 6) is -1.95. The van der Waals surface area contributed by atoms with Crippen molar-refractivity contribution in [3.63, 3.8) is 0 Å². The standard InChI is InChI=1S/C20H21NO5/c1-20(2,3)26-17(23)12-16(22)25-19(14-8-5-4-6-9-14)18(24)15-10-7-11-21-13-15/h4-11,13,19H,12H2,1-3H3. The van der Waals surface area contributed by atoms with Gasteiger partial charge in [-0.05, 0) is 32.9 Å². The van der Waals surface area contributed by atoms with E-state index in [1.54, 1.807) is 69.4 Å². The molecule has 136 valence electrons. The minimum atomic E-state index is -1.16. The van der Waals surface area contributed by atoms with Gasteiger partial charge in [0.05, 0.1) is 0 Å². The summed E-state index contributed by atoms with van der Waals surface area (Å²) < 4.78 is 10.4. The first-order valence-electron chi connectivity index (χ1n) is 8.17. The molecule has 1 heterocycles. The van der Waals surface area contributed by atoms with E-state index in [4.69, 9.17) is 9.47 Å². The Kier molecular flexibility index (Phi) is 6.22. The summed E-state index contributed by atoms with van der Waals surface area (Å²) in [5.41, 5.74) is 0.118. The molecule has 26 heavy (non-hydrogen) atoms. The lowest BCUT2D eigenvalue weighted by atomic mass is 10.0. The molecule has 6 heteroatoms. The van der Waals surface area contributed by atoms with Gasteiger partial charge >= 0.3 is 11.9 Å². The van der Waals surface area contributed by atoms with E-state index in [0.717, 1.165) is 0 Å². The molecule has 0 aliphatic rings. The number of pyridine rings is 1. The SMILES string of the molecule is CC(C)(C)OC(=O)CC(=O)OC(C(=O)c1cccnc1)c1ccccc1. The predicted octanol–water partition coefficient (Wildman–Crippen LogP) is 3.28. The Morgan fingerprint density at radius 2 is 1.69 bits per heavy atom. The second-order valence-electron chi connectivity index (χ2n) is 6.65. The Balaban J connectivity index is 2.16. The lowest BCUT2D eigenvalue weighted by Crippen LogP contribution is -2.27. The summed E-state index contributed by atoms with van der Waals surface area (Å²) in [5, 5.41) is 0. The summed E-state index contributed by atoms with van der Waals surface area (Å²) in [6.45, 7) is 5.11. The normalized spacial score (nSPS) is 12.1. The molecule has 1 atom stereocenters. The number of carbonyl (C=O) groups is 3. The van der Waals surface area contributed by atoms with Crippen molar-refractivity contribution in [3.8, 4) is 0 Å². The van der Waals surface area contributed by atoms with Crippen LogP contribution in [0.15, 0.2) is 54.9 Å². The number of hydrogen-bond acceptors (Lipinski definition) is 6. The van der Waals surface area contributed by atoms with E-state index in [1.807, 2.05) is 0 Å². The van der Waals surface area contributed by atoms with Crippen molar-refractivity contribution in [2.24, 2.45) is 0 Å². The molecule has 0 aliphatic heterocycles. The van der Waals surface area contributed by atoms with Gasteiger partial charge in [-0.3, -0.25) is 19.4 Å². The van der Waals surface area contributed by atoms with Gasteiger partial charge in [0.15, 0.2) is 6.10 Å². The number of esters is 2. The second kappa shape index (κ2) is 8.38. The zero-order valence-corrected chi connectivity index (χ0v) is 15.0. The highest BCUT2D eigenvalue weighted by atomic mass is 16.6. The molecule has 0 aliphatic carbocycles. The minimum Gasteiger partial charge on any atom is -0.460 e. The summed E-state index contributed by atoms with van der Waals surface area (Å²) in [6, 6.07) is 11.8. The van der Waals surface area contributed by atoms with E-state index in [2.05, 4.69) is 4.98 Å². The molecule has 0 radical (unpaired) electrons. The first-order chi connectivity index (χ1) is 12.3. The Hall–Kier alpha value is -3.02. The number of Topliss-reactive ketones (excluding diaryl/α,β-unsaturated/α-hetero) is 1. The predicted molar refractivity (Wildman–Crippen MR) is 94.3 cm³/mol. The molecule has 6 nitrogen and oxygen atoms in total. The van der Waals surface area contributed by atoms with Gasteiger partial charge in [-0.25, -0.2) is 0 Å². The monoisotopic (exact) mass is 355 g/mol. The fourth-order valence-corrected chi connectivity index (χ4v) is 2.23. The maximum Gasteiger partial charge on any atom is 0.318 e. The molecular formula is C20H21NO5.